The number of nitrogens with one attached hydrogen (secondary N) is 1. The first-order chi connectivity index (χ1) is 19.6. The zero-order chi connectivity index (χ0) is 30.0. The molecule has 0 spiro atoms. The van der Waals surface area contributed by atoms with E-state index in [-0.39, 0.29) is 23.4 Å². The molecular weight excluding hydrogens is 538 g/mol. The maximum Gasteiger partial charge on any atom is 0.264 e. The van der Waals surface area contributed by atoms with Gasteiger partial charge >= 0.3 is 0 Å². The summed E-state index contributed by atoms with van der Waals surface area (Å²) >= 11 is 0. The monoisotopic (exact) mass is 579 g/mol. The Bertz CT molecular complexity index is 1380. The lowest BCUT2D eigenvalue weighted by molar-refractivity contribution is -0.139. The van der Waals surface area contributed by atoms with Gasteiger partial charge in [0.15, 0.2) is 0 Å². The number of amides is 2. The van der Waals surface area contributed by atoms with Crippen molar-refractivity contribution in [3.05, 3.63) is 90.0 Å². The summed E-state index contributed by atoms with van der Waals surface area (Å²) in [5, 5.41) is 2.91. The molecule has 220 valence electrons. The molecule has 0 aliphatic rings. The second-order valence-corrected chi connectivity index (χ2v) is 12.0. The van der Waals surface area contributed by atoms with Gasteiger partial charge in [0, 0.05) is 12.6 Å². The fraction of sp³-hybridized carbons (Fsp3) is 0.375. The van der Waals surface area contributed by atoms with Gasteiger partial charge in [-0.05, 0) is 82.5 Å². The van der Waals surface area contributed by atoms with Crippen LogP contribution in [0.25, 0.3) is 0 Å². The first-order valence-electron chi connectivity index (χ1n) is 14.0. The van der Waals surface area contributed by atoms with Crippen molar-refractivity contribution >= 4 is 27.5 Å². The van der Waals surface area contributed by atoms with Gasteiger partial charge in [0.1, 0.15) is 18.3 Å². The smallest absolute Gasteiger partial charge is 0.264 e. The number of benzene rings is 3. The van der Waals surface area contributed by atoms with Crippen LogP contribution in [0.5, 0.6) is 5.75 Å². The molecule has 9 heteroatoms. The molecule has 3 aromatic rings. The summed E-state index contributed by atoms with van der Waals surface area (Å²) in [4.78, 5) is 28.8. The summed E-state index contributed by atoms with van der Waals surface area (Å²) in [7, 11) is -4.12. The highest BCUT2D eigenvalue weighted by atomic mass is 32.2. The molecule has 0 saturated carbocycles. The number of rotatable bonds is 14. The predicted molar refractivity (Wildman–Crippen MR) is 163 cm³/mol. The number of hydrogen-bond donors (Lipinski definition) is 1. The third kappa shape index (κ3) is 8.57. The summed E-state index contributed by atoms with van der Waals surface area (Å²) in [6, 6.07) is 22.0. The Balaban J connectivity index is 2.01. The molecule has 0 radical (unpaired) electrons. The topological polar surface area (TPSA) is 96.0 Å². The zero-order valence-electron chi connectivity index (χ0n) is 24.5. The maximum atomic E-state index is 14.1. The summed E-state index contributed by atoms with van der Waals surface area (Å²) in [5.41, 5.74) is 2.26. The van der Waals surface area contributed by atoms with Gasteiger partial charge in [-0.3, -0.25) is 13.9 Å². The Kier molecular flexibility index (Phi) is 11.3. The molecule has 8 nitrogen and oxygen atoms in total. The molecule has 1 N–H and O–H groups in total. The number of hydrogen-bond acceptors (Lipinski definition) is 5. The van der Waals surface area contributed by atoms with Gasteiger partial charge in [0.25, 0.3) is 10.0 Å². The van der Waals surface area contributed by atoms with E-state index in [1.54, 1.807) is 36.4 Å². The van der Waals surface area contributed by atoms with Crippen LogP contribution in [0.3, 0.4) is 0 Å². The average molecular weight is 580 g/mol. The molecule has 1 atom stereocenters. The molecule has 41 heavy (non-hydrogen) atoms. The van der Waals surface area contributed by atoms with E-state index in [2.05, 4.69) is 5.32 Å². The third-order valence-corrected chi connectivity index (χ3v) is 8.41. The van der Waals surface area contributed by atoms with Crippen LogP contribution in [0, 0.1) is 6.92 Å². The number of aryl methyl sites for hydroxylation is 1. The number of nitrogens with zero attached hydrogens (tertiary/aromatic N) is 2. The number of carbonyl (C=O) groups excluding carboxylic acids is 2. The lowest BCUT2D eigenvalue weighted by atomic mass is 10.1. The third-order valence-electron chi connectivity index (χ3n) is 6.62. The normalized spacial score (nSPS) is 12.0. The van der Waals surface area contributed by atoms with Crippen LogP contribution in [0.4, 0.5) is 5.69 Å². The minimum absolute atomic E-state index is 0.0743. The Morgan fingerprint density at radius 2 is 1.54 bits per heavy atom. The van der Waals surface area contributed by atoms with E-state index in [9.17, 15) is 18.0 Å². The standard InChI is InChI=1S/C32H41N3O5S/c1-6-30(32(37)33-24(3)4)34(22-21-26-11-9-8-10-12-26)31(36)23-35(27-15-17-28(18-16-27)40-7-2)41(38,39)29-19-13-25(5)14-20-29/h8-20,24,30H,6-7,21-23H2,1-5H3,(H,33,37)/t30-/m1/s1. The highest BCUT2D eigenvalue weighted by molar-refractivity contribution is 7.92. The van der Waals surface area contributed by atoms with Crippen LogP contribution in [0.15, 0.2) is 83.8 Å². The fourth-order valence-corrected chi connectivity index (χ4v) is 5.93. The molecule has 0 fully saturated rings. The number of anilines is 1. The van der Waals surface area contributed by atoms with Gasteiger partial charge in [0.2, 0.25) is 11.8 Å². The molecule has 3 aromatic carbocycles. The maximum absolute atomic E-state index is 14.1. The molecular formula is C32H41N3O5S. The highest BCUT2D eigenvalue weighted by Crippen LogP contribution is 2.27. The molecule has 0 bridgehead atoms. The molecule has 0 aromatic heterocycles. The number of carbonyl (C=O) groups is 2. The molecule has 0 aliphatic heterocycles. The minimum Gasteiger partial charge on any atom is -0.494 e. The van der Waals surface area contributed by atoms with Crippen molar-refractivity contribution in [2.24, 2.45) is 0 Å². The van der Waals surface area contributed by atoms with E-state index in [0.717, 1.165) is 15.4 Å². The van der Waals surface area contributed by atoms with Crippen LogP contribution >= 0.6 is 0 Å². The summed E-state index contributed by atoms with van der Waals surface area (Å²) in [6.45, 7) is 9.58. The SMILES string of the molecule is CCOc1ccc(N(CC(=O)N(CCc2ccccc2)[C@H](CC)C(=O)NC(C)C)S(=O)(=O)c2ccc(C)cc2)cc1. The van der Waals surface area contributed by atoms with Crippen LogP contribution < -0.4 is 14.4 Å². The molecule has 2 amide bonds. The van der Waals surface area contributed by atoms with Crippen molar-refractivity contribution in [2.75, 3.05) is 24.0 Å². The predicted octanol–water partition coefficient (Wildman–Crippen LogP) is 4.96. The van der Waals surface area contributed by atoms with Gasteiger partial charge < -0.3 is 15.0 Å². The van der Waals surface area contributed by atoms with Crippen molar-refractivity contribution in [1.82, 2.24) is 10.2 Å². The first kappa shape index (κ1) is 31.7. The van der Waals surface area contributed by atoms with Gasteiger partial charge in [-0.1, -0.05) is 55.0 Å². The van der Waals surface area contributed by atoms with Crippen LogP contribution in [-0.2, 0) is 26.0 Å². The molecule has 0 saturated heterocycles. The summed E-state index contributed by atoms with van der Waals surface area (Å²) in [6.07, 6.45) is 0.901. The van der Waals surface area contributed by atoms with E-state index in [4.69, 9.17) is 4.74 Å². The number of sulfonamides is 1. The Morgan fingerprint density at radius 3 is 2.10 bits per heavy atom. The van der Waals surface area contributed by atoms with Crippen molar-refractivity contribution in [1.29, 1.82) is 0 Å². The van der Waals surface area contributed by atoms with Crippen molar-refractivity contribution in [2.45, 2.75) is 64.4 Å². The van der Waals surface area contributed by atoms with Gasteiger partial charge in [-0.25, -0.2) is 8.42 Å². The second-order valence-electron chi connectivity index (χ2n) is 10.2. The van der Waals surface area contributed by atoms with E-state index in [1.807, 2.05) is 65.0 Å². The zero-order valence-corrected chi connectivity index (χ0v) is 25.4. The first-order valence-corrected chi connectivity index (χ1v) is 15.5. The fourth-order valence-electron chi connectivity index (χ4n) is 4.52. The van der Waals surface area contributed by atoms with Crippen LogP contribution in [0.1, 0.15) is 45.2 Å². The molecule has 3 rings (SSSR count). The Morgan fingerprint density at radius 1 is 0.902 bits per heavy atom. The van der Waals surface area contributed by atoms with E-state index in [0.29, 0.717) is 30.9 Å². The van der Waals surface area contributed by atoms with Crippen molar-refractivity contribution in [3.63, 3.8) is 0 Å². The molecule has 0 heterocycles. The van der Waals surface area contributed by atoms with E-state index in [1.165, 1.54) is 17.0 Å². The molecule has 0 unspecified atom stereocenters. The van der Waals surface area contributed by atoms with Crippen molar-refractivity contribution in [3.8, 4) is 5.75 Å². The van der Waals surface area contributed by atoms with Crippen LogP contribution in [-0.4, -0.2) is 56.9 Å². The Labute approximate surface area is 244 Å². The highest BCUT2D eigenvalue weighted by Gasteiger charge is 2.33. The second kappa shape index (κ2) is 14.7. The van der Waals surface area contributed by atoms with E-state index < -0.39 is 28.5 Å². The quantitative estimate of drug-likeness (QED) is 0.291. The van der Waals surface area contributed by atoms with Crippen molar-refractivity contribution < 1.29 is 22.7 Å². The lowest BCUT2D eigenvalue weighted by Crippen LogP contribution is -2.54. The number of ether oxygens (including phenoxy) is 1. The van der Waals surface area contributed by atoms with Gasteiger partial charge in [0.05, 0.1) is 17.2 Å². The minimum atomic E-state index is -4.12. The largest absolute Gasteiger partial charge is 0.494 e. The summed E-state index contributed by atoms with van der Waals surface area (Å²) in [5.74, 6) is -0.134. The van der Waals surface area contributed by atoms with Crippen LogP contribution in [0.2, 0.25) is 0 Å². The Hall–Kier alpha value is -3.85. The van der Waals surface area contributed by atoms with E-state index >= 15 is 0 Å². The average Bonchev–Trinajstić information content (AvgIpc) is 2.94. The summed E-state index contributed by atoms with van der Waals surface area (Å²) < 4.78 is 34.6. The van der Waals surface area contributed by atoms with Gasteiger partial charge in [-0.2, -0.15) is 0 Å². The molecule has 0 aliphatic carbocycles. The lowest BCUT2D eigenvalue weighted by Gasteiger charge is -2.33. The van der Waals surface area contributed by atoms with Gasteiger partial charge in [-0.15, -0.1) is 0 Å².